The van der Waals surface area contributed by atoms with Crippen molar-refractivity contribution in [3.05, 3.63) is 63.7 Å². The number of oxime groups is 1. The fourth-order valence-corrected chi connectivity index (χ4v) is 7.46. The first-order valence-electron chi connectivity index (χ1n) is 14.3. The Morgan fingerprint density at radius 3 is 2.58 bits per heavy atom. The molecular weight excluding hydrogens is 781 g/mol. The number of amides is 3. The molecule has 2 aliphatic rings. The Morgan fingerprint density at radius 2 is 1.92 bits per heavy atom. The molecule has 2 atom stereocenters. The zero-order valence-electron chi connectivity index (χ0n) is 26.4. The van der Waals surface area contributed by atoms with Gasteiger partial charge in [-0.1, -0.05) is 29.1 Å². The molecule has 53 heavy (non-hydrogen) atoms. The first-order chi connectivity index (χ1) is 25.2. The van der Waals surface area contributed by atoms with Gasteiger partial charge in [-0.3, -0.25) is 34.9 Å². The number of halogens is 4. The minimum Gasteiger partial charge on any atom is -0.477 e. The Kier molecular flexibility index (Phi) is 11.9. The summed E-state index contributed by atoms with van der Waals surface area (Å²) in [7, 11) is 1.19. The number of hydroxylamine groups is 1. The highest BCUT2D eigenvalue weighted by molar-refractivity contribution is 8.01. The van der Waals surface area contributed by atoms with E-state index >= 15 is 0 Å². The maximum Gasteiger partial charge on any atom is 0.471 e. The molecule has 1 unspecified atom stereocenters. The molecule has 4 heterocycles. The lowest BCUT2D eigenvalue weighted by atomic mass is 10.0. The number of thioether (sulfide) groups is 2. The third-order valence-electron chi connectivity index (χ3n) is 6.81. The molecule has 3 amide bonds. The number of carboxylic acid groups (broad SMARTS) is 2. The summed E-state index contributed by atoms with van der Waals surface area (Å²) in [6.45, 7) is -0.283. The van der Waals surface area contributed by atoms with Crippen LogP contribution in [0.25, 0.3) is 6.20 Å². The van der Waals surface area contributed by atoms with Crippen LogP contribution < -0.4 is 16.1 Å². The number of hydrogen-bond donors (Lipinski definition) is 5. The van der Waals surface area contributed by atoms with Gasteiger partial charge in [0.1, 0.15) is 35.2 Å². The van der Waals surface area contributed by atoms with E-state index in [-0.39, 0.29) is 40.2 Å². The second-order valence-electron chi connectivity index (χ2n) is 10.3. The van der Waals surface area contributed by atoms with Gasteiger partial charge >= 0.3 is 24.0 Å². The highest BCUT2D eigenvalue weighted by Crippen LogP contribution is 2.41. The predicted octanol–water partition coefficient (Wildman–Crippen LogP) is 1.26. The van der Waals surface area contributed by atoms with E-state index in [2.05, 4.69) is 41.3 Å². The Labute approximate surface area is 305 Å². The van der Waals surface area contributed by atoms with Gasteiger partial charge < -0.3 is 20.4 Å². The van der Waals surface area contributed by atoms with E-state index < -0.39 is 69.6 Å². The maximum absolute atomic E-state index is 13.5. The Hall–Kier alpha value is -5.60. The van der Waals surface area contributed by atoms with Crippen LogP contribution in [0, 0.1) is 5.82 Å². The summed E-state index contributed by atoms with van der Waals surface area (Å²) in [6.07, 6.45) is -4.20. The number of hydrogen-bond acceptors (Lipinski definition) is 16. The van der Waals surface area contributed by atoms with Crippen molar-refractivity contribution in [2.24, 2.45) is 5.16 Å². The lowest BCUT2D eigenvalue weighted by Crippen LogP contribution is -2.71. The van der Waals surface area contributed by atoms with Crippen molar-refractivity contribution in [3.8, 4) is 0 Å². The van der Waals surface area contributed by atoms with Gasteiger partial charge in [0.15, 0.2) is 16.5 Å². The molecule has 0 spiro atoms. The first kappa shape index (κ1) is 38.6. The number of fused-ring (bicyclic) bond motifs is 1. The number of thiazole rings is 1. The molecule has 1 aromatic carbocycles. The third-order valence-corrected chi connectivity index (χ3v) is 9.93. The quantitative estimate of drug-likeness (QED) is 0.0362. The summed E-state index contributed by atoms with van der Waals surface area (Å²) in [6, 6.07) is 3.74. The van der Waals surface area contributed by atoms with E-state index in [1.165, 1.54) is 19.2 Å². The molecule has 0 aliphatic carbocycles. The molecule has 26 heteroatoms. The monoisotopic (exact) mass is 802 g/mol. The summed E-state index contributed by atoms with van der Waals surface area (Å²) in [5.74, 6) is -7.55. The Morgan fingerprint density at radius 1 is 1.19 bits per heavy atom. The van der Waals surface area contributed by atoms with Crippen molar-refractivity contribution in [1.29, 1.82) is 0 Å². The highest BCUT2D eigenvalue weighted by Gasteiger charge is 2.54. The van der Waals surface area contributed by atoms with Crippen molar-refractivity contribution < 1.29 is 61.4 Å². The number of nitrogens with one attached hydrogen (secondary N) is 3. The number of tetrazole rings is 1. The van der Waals surface area contributed by atoms with Crippen LogP contribution in [-0.4, -0.2) is 112 Å². The van der Waals surface area contributed by atoms with Gasteiger partial charge in [0, 0.05) is 16.9 Å². The van der Waals surface area contributed by atoms with E-state index in [0.717, 1.165) is 56.8 Å². The average Bonchev–Trinajstić information content (AvgIpc) is 3.76. The largest absolute Gasteiger partial charge is 0.477 e. The van der Waals surface area contributed by atoms with Crippen molar-refractivity contribution in [3.63, 3.8) is 0 Å². The lowest BCUT2D eigenvalue weighted by Gasteiger charge is -2.49. The van der Waals surface area contributed by atoms with Gasteiger partial charge in [-0.05, 0) is 33.7 Å². The number of β-lactam (4-membered cyclic amide) rings is 1. The van der Waals surface area contributed by atoms with E-state index in [1.54, 1.807) is 5.32 Å². The van der Waals surface area contributed by atoms with Crippen molar-refractivity contribution in [1.82, 2.24) is 40.9 Å². The zero-order valence-corrected chi connectivity index (χ0v) is 28.8. The Balaban J connectivity index is 1.32. The summed E-state index contributed by atoms with van der Waals surface area (Å²) in [5.41, 5.74) is 1.14. The van der Waals surface area contributed by atoms with E-state index in [1.807, 2.05) is 0 Å². The number of benzene rings is 1. The van der Waals surface area contributed by atoms with Crippen molar-refractivity contribution in [2.75, 3.05) is 23.9 Å². The molecule has 0 radical (unpaired) electrons. The maximum atomic E-state index is 13.5. The zero-order chi connectivity index (χ0) is 38.4. The number of carbonyl (C=O) groups excluding carboxylic acids is 3. The minimum absolute atomic E-state index is 0.0459. The molecule has 5 rings (SSSR count). The van der Waals surface area contributed by atoms with Crippen LogP contribution in [0.4, 0.5) is 22.7 Å². The van der Waals surface area contributed by atoms with E-state index in [0.29, 0.717) is 16.9 Å². The molecule has 0 saturated carbocycles. The molecule has 1 saturated heterocycles. The van der Waals surface area contributed by atoms with Crippen LogP contribution in [-0.2, 0) is 40.3 Å². The molecule has 5 N–H and O–H groups in total. The molecule has 19 nitrogen and oxygen atoms in total. The molecule has 2 aromatic heterocycles. The summed E-state index contributed by atoms with van der Waals surface area (Å²) in [5, 5.41) is 37.8. The predicted molar refractivity (Wildman–Crippen MR) is 175 cm³/mol. The smallest absolute Gasteiger partial charge is 0.471 e. The van der Waals surface area contributed by atoms with Gasteiger partial charge in [0.25, 0.3) is 11.8 Å². The molecule has 1 fully saturated rings. The number of carbonyl (C=O) groups is 5. The number of nitrogens with zero attached hydrogens (tertiary/aromatic N) is 7. The molecule has 280 valence electrons. The number of anilines is 1. The van der Waals surface area contributed by atoms with Crippen molar-refractivity contribution >= 4 is 81.6 Å². The normalized spacial score (nSPS) is 17.5. The number of carboxylic acids is 2. The minimum atomic E-state index is -5.23. The lowest BCUT2D eigenvalue weighted by molar-refractivity contribution is -0.167. The number of rotatable bonds is 15. The molecular formula is C27H22F4N10O9S3. The van der Waals surface area contributed by atoms with Crippen molar-refractivity contribution in [2.45, 2.75) is 29.4 Å². The summed E-state index contributed by atoms with van der Waals surface area (Å²) >= 11 is 2.59. The number of aliphatic carboxylic acids is 2. The fourth-order valence-electron chi connectivity index (χ4n) is 4.44. The van der Waals surface area contributed by atoms with Gasteiger partial charge in [0.05, 0.1) is 13.3 Å². The van der Waals surface area contributed by atoms with Crippen LogP contribution in [0.5, 0.6) is 0 Å². The molecule has 2 aliphatic heterocycles. The van der Waals surface area contributed by atoms with Gasteiger partial charge in [-0.15, -0.1) is 28.2 Å². The first-order valence-corrected chi connectivity index (χ1v) is 17.2. The van der Waals surface area contributed by atoms with Crippen LogP contribution in [0.3, 0.4) is 0 Å². The molecule has 0 bridgehead atoms. The Bertz CT molecular complexity index is 2020. The topological polar surface area (TPSA) is 252 Å². The molecule has 3 aromatic rings. The summed E-state index contributed by atoms with van der Waals surface area (Å²) in [4.78, 5) is 76.7. The van der Waals surface area contributed by atoms with Gasteiger partial charge in [-0.25, -0.2) is 19.0 Å². The van der Waals surface area contributed by atoms with Gasteiger partial charge in [0.2, 0.25) is 5.16 Å². The van der Waals surface area contributed by atoms with E-state index in [4.69, 9.17) is 4.84 Å². The van der Waals surface area contributed by atoms with Crippen LogP contribution in [0.1, 0.15) is 11.3 Å². The fraction of sp³-hybridized carbons (Fsp3) is 0.259. The second-order valence-corrected chi connectivity index (χ2v) is 13.2. The van der Waals surface area contributed by atoms with Crippen LogP contribution >= 0.6 is 34.9 Å². The summed E-state index contributed by atoms with van der Waals surface area (Å²) < 4.78 is 52.6. The number of aromatic nitrogens is 5. The number of alkyl halides is 3. The third kappa shape index (κ3) is 9.07. The standard InChI is InChI=1S/C27H22F4N10O9S3/c1-49-36-14(22(44)45)6-40-26(35-38-39-40)53-9-12-8-51-21-17(20(43)41(21)18(12)23(46)47)33-19(42)16(37-50-7-11-2-4-13(28)5-3-11)15-10-52-25(32-15)34-24(48)27(29,30)31/h2-6,10,17,21,36H,7-9H2,1H3,(H,33,42)(H,44,45)(H,46,47)(H,32,34,48)/t17?,21-/m0/s1. The van der Waals surface area contributed by atoms with Crippen LogP contribution in [0.2, 0.25) is 0 Å². The highest BCUT2D eigenvalue weighted by atomic mass is 32.2. The SMILES string of the molecule is CONC(=Cn1nnnc1SCC1=C(C(=O)O)N2C(=O)C(NC(=O)C(=NOCc3ccc(F)cc3)c3csc(NC(=O)C(F)(F)F)n3)[C@@H]2SC1)C(=O)O. The average molecular weight is 803 g/mol. The van der Waals surface area contributed by atoms with Crippen LogP contribution in [0.15, 0.2) is 56.9 Å². The van der Waals surface area contributed by atoms with E-state index in [9.17, 15) is 51.7 Å². The van der Waals surface area contributed by atoms with Gasteiger partial charge in [-0.2, -0.15) is 17.9 Å². The second kappa shape index (κ2) is 16.4.